The van der Waals surface area contributed by atoms with E-state index in [-0.39, 0.29) is 11.9 Å². The molecule has 1 atom stereocenters. The number of carbonyl (C=O) groups is 1. The molecule has 3 aromatic rings. The molecule has 31 heavy (non-hydrogen) atoms. The molecule has 162 valence electrons. The summed E-state index contributed by atoms with van der Waals surface area (Å²) in [7, 11) is 0. The molecule has 4 heterocycles. The maximum Gasteiger partial charge on any atom is 0.276 e. The third-order valence-corrected chi connectivity index (χ3v) is 5.76. The van der Waals surface area contributed by atoms with Gasteiger partial charge in [-0.25, -0.2) is 9.97 Å². The molecule has 0 spiro atoms. The Balaban J connectivity index is 1.73. The molecule has 3 aromatic heterocycles. The minimum Gasteiger partial charge on any atom is -0.361 e. The highest BCUT2D eigenvalue weighted by molar-refractivity contribution is 5.93. The standard InChI is InChI=1S/C24H29N5O2/c1-4-7-17-13-20(28-31-17)24(30)29-12-6-9-21(29)23-19(15-26-22(27-23)8-5-2)18-10-11-25-14-16(18)3/h10-11,13-15,21H,4-9,12H2,1-3H3/t21-/m1/s1. The fourth-order valence-corrected chi connectivity index (χ4v) is 4.23. The number of rotatable bonds is 7. The molecule has 0 aromatic carbocycles. The van der Waals surface area contributed by atoms with E-state index in [4.69, 9.17) is 9.51 Å². The van der Waals surface area contributed by atoms with Gasteiger partial charge in [0.05, 0.1) is 11.7 Å². The van der Waals surface area contributed by atoms with Crippen LogP contribution in [0.1, 0.15) is 78.9 Å². The first-order chi connectivity index (χ1) is 15.1. The average molecular weight is 420 g/mol. The Morgan fingerprint density at radius 2 is 2.03 bits per heavy atom. The van der Waals surface area contributed by atoms with E-state index in [2.05, 4.69) is 29.0 Å². The van der Waals surface area contributed by atoms with Gasteiger partial charge < -0.3 is 9.42 Å². The van der Waals surface area contributed by atoms with Crippen molar-refractivity contribution in [2.24, 2.45) is 0 Å². The van der Waals surface area contributed by atoms with E-state index < -0.39 is 0 Å². The molecule has 0 N–H and O–H groups in total. The normalized spacial score (nSPS) is 16.1. The van der Waals surface area contributed by atoms with Gasteiger partial charge in [0.15, 0.2) is 5.69 Å². The number of aryl methyl sites for hydroxylation is 3. The molecule has 1 amide bonds. The number of carbonyl (C=O) groups excluding carboxylic acids is 1. The molecule has 1 fully saturated rings. The molecule has 0 bridgehead atoms. The van der Waals surface area contributed by atoms with E-state index in [1.165, 1.54) is 0 Å². The minimum absolute atomic E-state index is 0.0957. The Kier molecular flexibility index (Phi) is 6.39. The lowest BCUT2D eigenvalue weighted by atomic mass is 9.97. The van der Waals surface area contributed by atoms with Crippen LogP contribution in [0.5, 0.6) is 0 Å². The fraction of sp³-hybridized carbons (Fsp3) is 0.458. The molecule has 7 heteroatoms. The fourth-order valence-electron chi connectivity index (χ4n) is 4.23. The SMILES string of the molecule is CCCc1ncc(-c2ccncc2C)c([C@H]2CCCN2C(=O)c2cc(CCC)on2)n1. The van der Waals surface area contributed by atoms with Crippen LogP contribution in [-0.2, 0) is 12.8 Å². The van der Waals surface area contributed by atoms with Crippen LogP contribution in [-0.4, -0.2) is 37.5 Å². The zero-order valence-electron chi connectivity index (χ0n) is 18.5. The zero-order valence-corrected chi connectivity index (χ0v) is 18.5. The summed E-state index contributed by atoms with van der Waals surface area (Å²) in [6.07, 6.45) is 10.9. The number of pyridine rings is 1. The second-order valence-corrected chi connectivity index (χ2v) is 8.11. The van der Waals surface area contributed by atoms with Crippen LogP contribution in [0, 0.1) is 6.92 Å². The van der Waals surface area contributed by atoms with Crippen LogP contribution < -0.4 is 0 Å². The molecular formula is C24H29N5O2. The summed E-state index contributed by atoms with van der Waals surface area (Å²) >= 11 is 0. The summed E-state index contributed by atoms with van der Waals surface area (Å²) in [4.78, 5) is 29.0. The Bertz CT molecular complexity index is 1060. The first-order valence-corrected chi connectivity index (χ1v) is 11.2. The van der Waals surface area contributed by atoms with Crippen molar-refractivity contribution in [3.05, 3.63) is 59.3 Å². The highest BCUT2D eigenvalue weighted by Gasteiger charge is 2.35. The maximum absolute atomic E-state index is 13.3. The second-order valence-electron chi connectivity index (χ2n) is 8.11. The first kappa shape index (κ1) is 21.2. The van der Waals surface area contributed by atoms with Crippen LogP contribution in [0.15, 0.2) is 35.2 Å². The predicted molar refractivity (Wildman–Crippen MR) is 118 cm³/mol. The number of aromatic nitrogens is 4. The molecule has 1 saturated heterocycles. The summed E-state index contributed by atoms with van der Waals surface area (Å²) < 4.78 is 5.36. The summed E-state index contributed by atoms with van der Waals surface area (Å²) in [5.41, 5.74) is 4.37. The molecule has 0 radical (unpaired) electrons. The Morgan fingerprint density at radius 3 is 2.81 bits per heavy atom. The topological polar surface area (TPSA) is 85.0 Å². The largest absolute Gasteiger partial charge is 0.361 e. The van der Waals surface area contributed by atoms with E-state index in [1.807, 2.05) is 30.3 Å². The smallest absolute Gasteiger partial charge is 0.276 e. The quantitative estimate of drug-likeness (QED) is 0.551. The van der Waals surface area contributed by atoms with Gasteiger partial charge in [0.25, 0.3) is 5.91 Å². The van der Waals surface area contributed by atoms with E-state index in [0.29, 0.717) is 12.2 Å². The van der Waals surface area contributed by atoms with Crippen LogP contribution in [0.25, 0.3) is 11.1 Å². The Morgan fingerprint density at radius 1 is 1.19 bits per heavy atom. The van der Waals surface area contributed by atoms with E-state index >= 15 is 0 Å². The molecule has 0 saturated carbocycles. The lowest BCUT2D eigenvalue weighted by molar-refractivity contribution is 0.0722. The summed E-state index contributed by atoms with van der Waals surface area (Å²) in [5.74, 6) is 1.47. The van der Waals surface area contributed by atoms with Crippen molar-refractivity contribution >= 4 is 5.91 Å². The molecule has 1 aliphatic rings. The molecule has 0 unspecified atom stereocenters. The Hall–Kier alpha value is -3.09. The van der Waals surface area contributed by atoms with Crippen molar-refractivity contribution in [2.45, 2.75) is 65.3 Å². The summed E-state index contributed by atoms with van der Waals surface area (Å²) in [6.45, 7) is 6.91. The highest BCUT2D eigenvalue weighted by Crippen LogP contribution is 2.38. The van der Waals surface area contributed by atoms with Gasteiger partial charge in [-0.15, -0.1) is 0 Å². The monoisotopic (exact) mass is 419 g/mol. The van der Waals surface area contributed by atoms with Crippen molar-refractivity contribution in [1.29, 1.82) is 0 Å². The van der Waals surface area contributed by atoms with Gasteiger partial charge in [0.2, 0.25) is 0 Å². The van der Waals surface area contributed by atoms with Gasteiger partial charge >= 0.3 is 0 Å². The van der Waals surface area contributed by atoms with Crippen LogP contribution in [0.2, 0.25) is 0 Å². The van der Waals surface area contributed by atoms with E-state index in [1.54, 1.807) is 12.3 Å². The average Bonchev–Trinajstić information content (AvgIpc) is 3.44. The maximum atomic E-state index is 13.3. The predicted octanol–water partition coefficient (Wildman–Crippen LogP) is 4.72. The number of hydrogen-bond acceptors (Lipinski definition) is 6. The molecule has 0 aliphatic carbocycles. The molecular weight excluding hydrogens is 390 g/mol. The highest BCUT2D eigenvalue weighted by atomic mass is 16.5. The summed E-state index contributed by atoms with van der Waals surface area (Å²) in [5, 5.41) is 4.04. The first-order valence-electron chi connectivity index (χ1n) is 11.2. The molecule has 1 aliphatic heterocycles. The van der Waals surface area contributed by atoms with Gasteiger partial charge in [-0.1, -0.05) is 19.0 Å². The Labute approximate surface area is 182 Å². The van der Waals surface area contributed by atoms with Crippen molar-refractivity contribution in [3.63, 3.8) is 0 Å². The van der Waals surface area contributed by atoms with Gasteiger partial charge in [0, 0.05) is 49.6 Å². The lowest BCUT2D eigenvalue weighted by Gasteiger charge is -2.25. The number of likely N-dealkylation sites (tertiary alicyclic amines) is 1. The van der Waals surface area contributed by atoms with Crippen LogP contribution in [0.4, 0.5) is 0 Å². The van der Waals surface area contributed by atoms with Crippen molar-refractivity contribution in [3.8, 4) is 11.1 Å². The summed E-state index contributed by atoms with van der Waals surface area (Å²) in [6, 6.07) is 3.66. The third kappa shape index (κ3) is 4.36. The van der Waals surface area contributed by atoms with Gasteiger partial charge in [-0.2, -0.15) is 0 Å². The van der Waals surface area contributed by atoms with Crippen LogP contribution in [0.3, 0.4) is 0 Å². The number of amides is 1. The van der Waals surface area contributed by atoms with Crippen molar-refractivity contribution < 1.29 is 9.32 Å². The van der Waals surface area contributed by atoms with Gasteiger partial charge in [-0.05, 0) is 49.8 Å². The van der Waals surface area contributed by atoms with Crippen LogP contribution >= 0.6 is 0 Å². The molecule has 4 rings (SSSR count). The molecule has 7 nitrogen and oxygen atoms in total. The minimum atomic E-state index is -0.111. The van der Waals surface area contributed by atoms with Gasteiger partial charge in [-0.3, -0.25) is 9.78 Å². The van der Waals surface area contributed by atoms with Gasteiger partial charge in [0.1, 0.15) is 11.6 Å². The zero-order chi connectivity index (χ0) is 21.8. The number of nitrogens with zero attached hydrogens (tertiary/aromatic N) is 5. The third-order valence-electron chi connectivity index (χ3n) is 5.76. The van der Waals surface area contributed by atoms with Crippen molar-refractivity contribution in [2.75, 3.05) is 6.54 Å². The lowest BCUT2D eigenvalue weighted by Crippen LogP contribution is -2.31. The number of hydrogen-bond donors (Lipinski definition) is 0. The van der Waals surface area contributed by atoms with Crippen molar-refractivity contribution in [1.82, 2.24) is 25.0 Å². The van der Waals surface area contributed by atoms with E-state index in [0.717, 1.165) is 72.5 Å². The van der Waals surface area contributed by atoms with E-state index in [9.17, 15) is 4.79 Å². The second kappa shape index (κ2) is 9.37.